The van der Waals surface area contributed by atoms with Gasteiger partial charge < -0.3 is 24.6 Å². The molecule has 102 valence electrons. The van der Waals surface area contributed by atoms with Crippen LogP contribution >= 0.6 is 12.2 Å². The molecule has 0 aliphatic rings. The SMILES string of the molecule is COc1ccccc1NCC(O)Cc1c[nH]c(=S)o1. The second-order valence-electron chi connectivity index (χ2n) is 4.08. The second kappa shape index (κ2) is 6.40. The van der Waals surface area contributed by atoms with Gasteiger partial charge in [-0.1, -0.05) is 12.1 Å². The first-order chi connectivity index (χ1) is 9.19. The first-order valence-corrected chi connectivity index (χ1v) is 6.32. The van der Waals surface area contributed by atoms with Gasteiger partial charge in [0.2, 0.25) is 0 Å². The van der Waals surface area contributed by atoms with Crippen molar-refractivity contribution in [1.29, 1.82) is 0 Å². The van der Waals surface area contributed by atoms with Crippen molar-refractivity contribution >= 4 is 17.9 Å². The maximum Gasteiger partial charge on any atom is 0.266 e. The number of methoxy groups -OCH3 is 1. The molecule has 0 amide bonds. The lowest BCUT2D eigenvalue weighted by molar-refractivity contribution is 0.180. The Labute approximate surface area is 116 Å². The third-order valence-corrected chi connectivity index (χ3v) is 2.85. The van der Waals surface area contributed by atoms with E-state index in [0.29, 0.717) is 23.6 Å². The van der Waals surface area contributed by atoms with E-state index in [0.717, 1.165) is 11.4 Å². The number of nitrogens with one attached hydrogen (secondary N) is 2. The number of benzene rings is 1. The van der Waals surface area contributed by atoms with Crippen LogP contribution in [-0.4, -0.2) is 29.8 Å². The third kappa shape index (κ3) is 3.84. The van der Waals surface area contributed by atoms with Gasteiger partial charge in [0.15, 0.2) is 0 Å². The number of oxazole rings is 1. The number of para-hydroxylation sites is 2. The van der Waals surface area contributed by atoms with Gasteiger partial charge in [-0.15, -0.1) is 0 Å². The molecule has 1 heterocycles. The molecule has 19 heavy (non-hydrogen) atoms. The van der Waals surface area contributed by atoms with E-state index < -0.39 is 6.10 Å². The number of rotatable bonds is 6. The molecule has 0 saturated carbocycles. The van der Waals surface area contributed by atoms with Crippen molar-refractivity contribution in [2.45, 2.75) is 12.5 Å². The van der Waals surface area contributed by atoms with Gasteiger partial charge in [-0.2, -0.15) is 0 Å². The van der Waals surface area contributed by atoms with Crippen LogP contribution in [0, 0.1) is 4.84 Å². The van der Waals surface area contributed by atoms with E-state index in [1.54, 1.807) is 13.3 Å². The number of hydrogen-bond donors (Lipinski definition) is 3. The average molecular weight is 280 g/mol. The number of aliphatic hydroxyl groups is 1. The van der Waals surface area contributed by atoms with E-state index >= 15 is 0 Å². The van der Waals surface area contributed by atoms with Crippen LogP contribution in [0.15, 0.2) is 34.9 Å². The number of anilines is 1. The van der Waals surface area contributed by atoms with Gasteiger partial charge in [0.05, 0.1) is 18.9 Å². The molecule has 3 N–H and O–H groups in total. The van der Waals surface area contributed by atoms with E-state index in [1.807, 2.05) is 24.3 Å². The molecule has 0 bridgehead atoms. The Hall–Kier alpha value is -1.79. The highest BCUT2D eigenvalue weighted by atomic mass is 32.1. The lowest BCUT2D eigenvalue weighted by atomic mass is 10.2. The molecule has 1 aromatic carbocycles. The van der Waals surface area contributed by atoms with Gasteiger partial charge in [-0.05, 0) is 24.4 Å². The summed E-state index contributed by atoms with van der Waals surface area (Å²) in [6.45, 7) is 0.397. The zero-order valence-corrected chi connectivity index (χ0v) is 11.4. The Morgan fingerprint density at radius 2 is 2.26 bits per heavy atom. The van der Waals surface area contributed by atoms with Crippen molar-refractivity contribution in [1.82, 2.24) is 4.98 Å². The molecule has 0 aliphatic carbocycles. The van der Waals surface area contributed by atoms with Crippen LogP contribution in [0.1, 0.15) is 5.76 Å². The molecular weight excluding hydrogens is 264 g/mol. The zero-order valence-electron chi connectivity index (χ0n) is 10.6. The second-order valence-corrected chi connectivity index (χ2v) is 4.45. The van der Waals surface area contributed by atoms with E-state index in [1.165, 1.54) is 0 Å². The molecular formula is C13H16N2O3S. The molecule has 0 fully saturated rings. The van der Waals surface area contributed by atoms with E-state index in [4.69, 9.17) is 21.4 Å². The summed E-state index contributed by atoms with van der Waals surface area (Å²) in [5.74, 6) is 1.38. The van der Waals surface area contributed by atoms with Crippen LogP contribution in [0.25, 0.3) is 0 Å². The molecule has 5 nitrogen and oxygen atoms in total. The summed E-state index contributed by atoms with van der Waals surface area (Å²) in [4.78, 5) is 3.08. The van der Waals surface area contributed by atoms with Crippen molar-refractivity contribution < 1.29 is 14.3 Å². The molecule has 0 radical (unpaired) electrons. The number of aliphatic hydroxyl groups excluding tert-OH is 1. The summed E-state index contributed by atoms with van der Waals surface area (Å²) in [7, 11) is 1.61. The summed E-state index contributed by atoms with van der Waals surface area (Å²) in [6, 6.07) is 7.56. The van der Waals surface area contributed by atoms with E-state index in [9.17, 15) is 5.11 Å². The Morgan fingerprint density at radius 1 is 1.47 bits per heavy atom. The van der Waals surface area contributed by atoms with Gasteiger partial charge in [0, 0.05) is 19.2 Å². The highest BCUT2D eigenvalue weighted by Gasteiger charge is 2.09. The summed E-state index contributed by atoms with van der Waals surface area (Å²) < 4.78 is 10.4. The predicted octanol–water partition coefficient (Wildman–Crippen LogP) is 2.36. The Bertz CT molecular complexity index is 579. The lowest BCUT2D eigenvalue weighted by Crippen LogP contribution is -2.21. The van der Waals surface area contributed by atoms with Gasteiger partial charge in [-0.25, -0.2) is 0 Å². The van der Waals surface area contributed by atoms with Crippen molar-refractivity contribution in [2.75, 3.05) is 19.0 Å². The van der Waals surface area contributed by atoms with E-state index in [2.05, 4.69) is 10.3 Å². The molecule has 6 heteroatoms. The summed E-state index contributed by atoms with van der Waals surface area (Å²) >= 11 is 4.82. The molecule has 0 aliphatic heterocycles. The Morgan fingerprint density at radius 3 is 2.95 bits per heavy atom. The minimum atomic E-state index is -0.570. The Balaban J connectivity index is 1.89. The molecule has 1 unspecified atom stereocenters. The minimum Gasteiger partial charge on any atom is -0.495 e. The van der Waals surface area contributed by atoms with Crippen LogP contribution in [0.3, 0.4) is 0 Å². The lowest BCUT2D eigenvalue weighted by Gasteiger charge is -2.13. The van der Waals surface area contributed by atoms with Crippen LogP contribution in [-0.2, 0) is 6.42 Å². The smallest absolute Gasteiger partial charge is 0.266 e. The molecule has 2 rings (SSSR count). The molecule has 2 aromatic rings. The summed E-state index contributed by atoms with van der Waals surface area (Å²) in [5, 5.41) is 13.1. The number of aromatic amines is 1. The molecule has 1 atom stereocenters. The third-order valence-electron chi connectivity index (χ3n) is 2.65. The Kier molecular flexibility index (Phi) is 4.59. The van der Waals surface area contributed by atoms with Crippen molar-refractivity contribution in [3.05, 3.63) is 41.1 Å². The first kappa shape index (κ1) is 13.6. The van der Waals surface area contributed by atoms with Gasteiger partial charge in [-0.3, -0.25) is 0 Å². The van der Waals surface area contributed by atoms with Gasteiger partial charge in [0.25, 0.3) is 4.84 Å². The van der Waals surface area contributed by atoms with E-state index in [-0.39, 0.29) is 0 Å². The quantitative estimate of drug-likeness (QED) is 0.709. The minimum absolute atomic E-state index is 0.319. The highest BCUT2D eigenvalue weighted by molar-refractivity contribution is 7.71. The number of ether oxygens (including phenoxy) is 1. The number of aromatic nitrogens is 1. The predicted molar refractivity (Wildman–Crippen MR) is 75.1 cm³/mol. The molecule has 1 aromatic heterocycles. The summed E-state index contributed by atoms with van der Waals surface area (Å²) in [5.41, 5.74) is 0.846. The van der Waals surface area contributed by atoms with Crippen LogP contribution in [0.2, 0.25) is 0 Å². The number of hydrogen-bond acceptors (Lipinski definition) is 5. The fourth-order valence-corrected chi connectivity index (χ4v) is 1.91. The van der Waals surface area contributed by atoms with Crippen LogP contribution < -0.4 is 10.1 Å². The fraction of sp³-hybridized carbons (Fsp3) is 0.308. The van der Waals surface area contributed by atoms with Crippen molar-refractivity contribution in [2.24, 2.45) is 0 Å². The highest BCUT2D eigenvalue weighted by Crippen LogP contribution is 2.22. The zero-order chi connectivity index (χ0) is 13.7. The number of H-pyrrole nitrogens is 1. The monoisotopic (exact) mass is 280 g/mol. The maximum atomic E-state index is 9.93. The van der Waals surface area contributed by atoms with Crippen LogP contribution in [0.5, 0.6) is 5.75 Å². The fourth-order valence-electron chi connectivity index (χ4n) is 1.74. The van der Waals surface area contributed by atoms with Gasteiger partial charge in [0.1, 0.15) is 11.5 Å². The van der Waals surface area contributed by atoms with Crippen molar-refractivity contribution in [3.8, 4) is 5.75 Å². The average Bonchev–Trinajstić information content (AvgIpc) is 2.82. The first-order valence-electron chi connectivity index (χ1n) is 5.91. The standard InChI is InChI=1S/C13H16N2O3S/c1-17-12-5-3-2-4-11(12)14-7-9(16)6-10-8-15-13(19)18-10/h2-5,8-9,14,16H,6-7H2,1H3,(H,15,19). The van der Waals surface area contributed by atoms with Crippen LogP contribution in [0.4, 0.5) is 5.69 Å². The van der Waals surface area contributed by atoms with Gasteiger partial charge >= 0.3 is 0 Å². The molecule has 0 saturated heterocycles. The largest absolute Gasteiger partial charge is 0.495 e. The maximum absolute atomic E-state index is 9.93. The normalized spacial score (nSPS) is 12.1. The molecule has 0 spiro atoms. The summed E-state index contributed by atoms with van der Waals surface area (Å²) in [6.07, 6.45) is 1.49. The topological polar surface area (TPSA) is 70.4 Å². The van der Waals surface area contributed by atoms with Crippen molar-refractivity contribution in [3.63, 3.8) is 0 Å².